The van der Waals surface area contributed by atoms with Gasteiger partial charge in [-0.15, -0.1) is 0 Å². The number of nitrogens with zero attached hydrogens (tertiary/aromatic N) is 1. The van der Waals surface area contributed by atoms with Crippen LogP contribution >= 0.6 is 11.6 Å². The Hall–Kier alpha value is -2.99. The third-order valence-corrected chi connectivity index (χ3v) is 4.34. The summed E-state index contributed by atoms with van der Waals surface area (Å²) >= 11 is 6.08. The SMILES string of the molecule is COC(=O)COc1cccc2c1cc(C(=O)OC)n2Cc1cccc(Cl)c1. The predicted molar refractivity (Wildman–Crippen MR) is 101 cm³/mol. The fraction of sp³-hybridized carbons (Fsp3) is 0.200. The Kier molecular flexibility index (Phi) is 5.66. The highest BCUT2D eigenvalue weighted by Crippen LogP contribution is 2.30. The highest BCUT2D eigenvalue weighted by Gasteiger charge is 2.19. The van der Waals surface area contributed by atoms with Crippen LogP contribution in [0.25, 0.3) is 10.9 Å². The summed E-state index contributed by atoms with van der Waals surface area (Å²) in [6.45, 7) is 0.206. The molecule has 3 aromatic rings. The van der Waals surface area contributed by atoms with Crippen LogP contribution in [0.2, 0.25) is 5.02 Å². The van der Waals surface area contributed by atoms with Gasteiger partial charge in [-0.1, -0.05) is 29.8 Å². The molecule has 0 unspecified atom stereocenters. The van der Waals surface area contributed by atoms with E-state index >= 15 is 0 Å². The molecule has 7 heteroatoms. The highest BCUT2D eigenvalue weighted by molar-refractivity contribution is 6.30. The predicted octanol–water partition coefficient (Wildman–Crippen LogP) is 3.68. The first-order chi connectivity index (χ1) is 13.0. The Morgan fingerprint density at radius 3 is 2.52 bits per heavy atom. The van der Waals surface area contributed by atoms with Crippen LogP contribution in [0.5, 0.6) is 5.75 Å². The molecule has 0 spiro atoms. The summed E-state index contributed by atoms with van der Waals surface area (Å²) in [6.07, 6.45) is 0. The second-order valence-electron chi connectivity index (χ2n) is 5.79. The van der Waals surface area contributed by atoms with Crippen molar-refractivity contribution in [3.05, 3.63) is 64.8 Å². The van der Waals surface area contributed by atoms with Gasteiger partial charge in [0.25, 0.3) is 0 Å². The molecular formula is C20H18ClNO5. The molecule has 0 aliphatic heterocycles. The van der Waals surface area contributed by atoms with Gasteiger partial charge in [-0.05, 0) is 35.9 Å². The molecule has 3 rings (SSSR count). The van der Waals surface area contributed by atoms with E-state index < -0.39 is 11.9 Å². The molecule has 0 radical (unpaired) electrons. The number of rotatable bonds is 6. The molecule has 1 aromatic heterocycles. The van der Waals surface area contributed by atoms with Crippen LogP contribution in [0.1, 0.15) is 16.1 Å². The number of hydrogen-bond acceptors (Lipinski definition) is 5. The first-order valence-corrected chi connectivity index (χ1v) is 8.56. The lowest BCUT2D eigenvalue weighted by atomic mass is 10.2. The summed E-state index contributed by atoms with van der Waals surface area (Å²) in [5.74, 6) is -0.474. The Morgan fingerprint density at radius 1 is 1.04 bits per heavy atom. The zero-order valence-electron chi connectivity index (χ0n) is 14.9. The highest BCUT2D eigenvalue weighted by atomic mass is 35.5. The van der Waals surface area contributed by atoms with Gasteiger partial charge in [0.1, 0.15) is 11.4 Å². The lowest BCUT2D eigenvalue weighted by molar-refractivity contribution is -0.142. The van der Waals surface area contributed by atoms with E-state index in [4.69, 9.17) is 21.1 Å². The minimum atomic E-state index is -0.487. The number of esters is 2. The van der Waals surface area contributed by atoms with Crippen molar-refractivity contribution in [2.45, 2.75) is 6.54 Å². The van der Waals surface area contributed by atoms with Crippen LogP contribution in [0.15, 0.2) is 48.5 Å². The Bertz CT molecular complexity index is 995. The van der Waals surface area contributed by atoms with Gasteiger partial charge in [-0.3, -0.25) is 0 Å². The van der Waals surface area contributed by atoms with E-state index in [0.29, 0.717) is 28.4 Å². The summed E-state index contributed by atoms with van der Waals surface area (Å²) in [5, 5.41) is 1.31. The van der Waals surface area contributed by atoms with Crippen LogP contribution in [0.4, 0.5) is 0 Å². The Morgan fingerprint density at radius 2 is 1.81 bits per heavy atom. The quantitative estimate of drug-likeness (QED) is 0.603. The molecule has 0 fully saturated rings. The number of hydrogen-bond donors (Lipinski definition) is 0. The van der Waals surface area contributed by atoms with Gasteiger partial charge in [-0.2, -0.15) is 0 Å². The largest absolute Gasteiger partial charge is 0.481 e. The molecule has 0 aliphatic rings. The van der Waals surface area contributed by atoms with Gasteiger partial charge in [-0.25, -0.2) is 9.59 Å². The van der Waals surface area contributed by atoms with E-state index in [1.54, 1.807) is 24.3 Å². The minimum Gasteiger partial charge on any atom is -0.481 e. The summed E-state index contributed by atoms with van der Waals surface area (Å²) in [5.41, 5.74) is 2.09. The van der Waals surface area contributed by atoms with Crippen LogP contribution in [0, 0.1) is 0 Å². The zero-order valence-corrected chi connectivity index (χ0v) is 15.7. The average Bonchev–Trinajstić information content (AvgIpc) is 3.04. The van der Waals surface area contributed by atoms with Gasteiger partial charge >= 0.3 is 11.9 Å². The van der Waals surface area contributed by atoms with Crippen molar-refractivity contribution < 1.29 is 23.8 Å². The lowest BCUT2D eigenvalue weighted by Crippen LogP contribution is -2.12. The van der Waals surface area contributed by atoms with E-state index in [1.165, 1.54) is 14.2 Å². The molecule has 0 atom stereocenters. The number of benzene rings is 2. The van der Waals surface area contributed by atoms with Crippen LogP contribution in [-0.4, -0.2) is 37.3 Å². The number of aromatic nitrogens is 1. The maximum atomic E-state index is 12.3. The van der Waals surface area contributed by atoms with Crippen molar-refractivity contribution in [3.8, 4) is 5.75 Å². The summed E-state index contributed by atoms with van der Waals surface area (Å²) in [6, 6.07) is 14.5. The molecule has 0 bridgehead atoms. The van der Waals surface area contributed by atoms with E-state index in [-0.39, 0.29) is 6.61 Å². The normalized spacial score (nSPS) is 10.6. The van der Waals surface area contributed by atoms with Crippen LogP contribution in [0.3, 0.4) is 0 Å². The lowest BCUT2D eigenvalue weighted by Gasteiger charge is -2.11. The molecular weight excluding hydrogens is 370 g/mol. The Labute approximate surface area is 161 Å². The fourth-order valence-corrected chi connectivity index (χ4v) is 3.05. The maximum Gasteiger partial charge on any atom is 0.354 e. The van der Waals surface area contributed by atoms with Gasteiger partial charge in [0, 0.05) is 17.0 Å². The summed E-state index contributed by atoms with van der Waals surface area (Å²) < 4.78 is 16.9. The number of methoxy groups -OCH3 is 2. The van der Waals surface area contributed by atoms with Crippen molar-refractivity contribution in [1.82, 2.24) is 4.57 Å². The van der Waals surface area contributed by atoms with Crippen LogP contribution < -0.4 is 4.74 Å². The molecule has 140 valence electrons. The second kappa shape index (κ2) is 8.14. The van der Waals surface area contributed by atoms with Gasteiger partial charge in [0.05, 0.1) is 19.7 Å². The Balaban J connectivity index is 2.07. The first kappa shape index (κ1) is 18.8. The number of ether oxygens (including phenoxy) is 3. The fourth-order valence-electron chi connectivity index (χ4n) is 2.84. The molecule has 0 aliphatic carbocycles. The first-order valence-electron chi connectivity index (χ1n) is 8.18. The van der Waals surface area contributed by atoms with Crippen molar-refractivity contribution in [2.75, 3.05) is 20.8 Å². The molecule has 0 saturated carbocycles. The van der Waals surface area contributed by atoms with Gasteiger partial charge in [0.15, 0.2) is 6.61 Å². The third kappa shape index (κ3) is 4.06. The second-order valence-corrected chi connectivity index (χ2v) is 6.23. The smallest absolute Gasteiger partial charge is 0.354 e. The van der Waals surface area contributed by atoms with Gasteiger partial charge in [0.2, 0.25) is 0 Å². The number of fused-ring (bicyclic) bond motifs is 1. The van der Waals surface area contributed by atoms with Crippen molar-refractivity contribution in [3.63, 3.8) is 0 Å². The molecule has 0 N–H and O–H groups in total. The van der Waals surface area contributed by atoms with E-state index in [2.05, 4.69) is 4.74 Å². The molecule has 2 aromatic carbocycles. The maximum absolute atomic E-state index is 12.3. The summed E-state index contributed by atoms with van der Waals surface area (Å²) in [7, 11) is 2.63. The minimum absolute atomic E-state index is 0.220. The van der Waals surface area contributed by atoms with Crippen molar-refractivity contribution in [2.24, 2.45) is 0 Å². The number of carbonyl (C=O) groups excluding carboxylic acids is 2. The van der Waals surface area contributed by atoms with E-state index in [1.807, 2.05) is 28.8 Å². The molecule has 1 heterocycles. The van der Waals surface area contributed by atoms with Crippen molar-refractivity contribution >= 4 is 34.4 Å². The standard InChI is InChI=1S/C20H18ClNO5/c1-25-19(23)12-27-18-8-4-7-16-15(18)10-17(20(24)26-2)22(16)11-13-5-3-6-14(21)9-13/h3-10H,11-12H2,1-2H3. The topological polar surface area (TPSA) is 66.8 Å². The van der Waals surface area contributed by atoms with E-state index in [9.17, 15) is 9.59 Å². The molecule has 6 nitrogen and oxygen atoms in total. The molecule has 0 saturated heterocycles. The molecule has 0 amide bonds. The van der Waals surface area contributed by atoms with Gasteiger partial charge < -0.3 is 18.8 Å². The summed E-state index contributed by atoms with van der Waals surface area (Å²) in [4.78, 5) is 23.7. The van der Waals surface area contributed by atoms with E-state index in [0.717, 1.165) is 11.1 Å². The van der Waals surface area contributed by atoms with Crippen LogP contribution in [-0.2, 0) is 20.8 Å². The average molecular weight is 388 g/mol. The number of carbonyl (C=O) groups is 2. The van der Waals surface area contributed by atoms with Crippen molar-refractivity contribution in [1.29, 1.82) is 0 Å². The third-order valence-electron chi connectivity index (χ3n) is 4.10. The monoisotopic (exact) mass is 387 g/mol. The zero-order chi connectivity index (χ0) is 19.4. The number of halogens is 1. The molecule has 27 heavy (non-hydrogen) atoms.